The summed E-state index contributed by atoms with van der Waals surface area (Å²) in [5.74, 6) is -4.31. The number of rotatable bonds is 2. The zero-order chi connectivity index (χ0) is 9.28. The van der Waals surface area contributed by atoms with E-state index in [1.807, 2.05) is 0 Å². The van der Waals surface area contributed by atoms with E-state index in [0.29, 0.717) is 0 Å². The van der Waals surface area contributed by atoms with Gasteiger partial charge in [-0.05, 0) is 0 Å². The summed E-state index contributed by atoms with van der Waals surface area (Å²) in [6.45, 7) is -1.91. The number of halogens is 6. The molecule has 0 aliphatic heterocycles. The lowest BCUT2D eigenvalue weighted by Gasteiger charge is -2.23. The molecule has 8 heteroatoms. The molecule has 76 valence electrons. The molecule has 12 heavy (non-hydrogen) atoms. The molecule has 0 bridgehead atoms. The molecule has 0 saturated heterocycles. The Morgan fingerprint density at radius 2 is 1.50 bits per heavy atom. The van der Waals surface area contributed by atoms with Crippen LogP contribution in [0.4, 0.5) is 22.0 Å². The van der Waals surface area contributed by atoms with Crippen LogP contribution in [0.25, 0.3) is 0 Å². The van der Waals surface area contributed by atoms with Gasteiger partial charge in [0.15, 0.2) is 6.04 Å². The van der Waals surface area contributed by atoms with Gasteiger partial charge >= 0.3 is 6.18 Å². The van der Waals surface area contributed by atoms with Crippen molar-refractivity contribution in [3.8, 4) is 0 Å². The van der Waals surface area contributed by atoms with Crippen molar-refractivity contribution in [2.24, 2.45) is 5.73 Å². The monoisotopic (exact) mass is 215 g/mol. The fourth-order valence-electron chi connectivity index (χ4n) is 0.338. The normalized spacial score (nSPS) is 15.2. The van der Waals surface area contributed by atoms with E-state index in [0.717, 1.165) is 0 Å². The highest BCUT2D eigenvalue weighted by Crippen LogP contribution is 2.29. The standard InChI is InChI=1S/C4H6F5NO.ClH/c5-3(6,1-11)2(10)4(7,8)9;/h2,11H,1,10H2;1H/t2-;/m0./s1. The molecule has 0 amide bonds. The Morgan fingerprint density at radius 1 is 1.17 bits per heavy atom. The van der Waals surface area contributed by atoms with Gasteiger partial charge < -0.3 is 10.8 Å². The summed E-state index contributed by atoms with van der Waals surface area (Å²) in [5, 5.41) is 7.80. The molecule has 1 atom stereocenters. The van der Waals surface area contributed by atoms with Crippen molar-refractivity contribution in [2.75, 3.05) is 6.61 Å². The molecule has 0 aliphatic carbocycles. The quantitative estimate of drug-likeness (QED) is 0.673. The van der Waals surface area contributed by atoms with E-state index < -0.39 is 24.7 Å². The fraction of sp³-hybridized carbons (Fsp3) is 1.00. The van der Waals surface area contributed by atoms with Crippen LogP contribution in [0.1, 0.15) is 0 Å². The predicted octanol–water partition coefficient (Wildman–Crippen LogP) is 0.925. The maximum atomic E-state index is 11.9. The van der Waals surface area contributed by atoms with E-state index in [1.165, 1.54) is 0 Å². The van der Waals surface area contributed by atoms with E-state index in [9.17, 15) is 22.0 Å². The third-order valence-corrected chi connectivity index (χ3v) is 1.02. The fourth-order valence-corrected chi connectivity index (χ4v) is 0.338. The molecule has 0 fully saturated rings. The second-order valence-electron chi connectivity index (χ2n) is 1.94. The van der Waals surface area contributed by atoms with Crippen LogP contribution in [-0.2, 0) is 0 Å². The van der Waals surface area contributed by atoms with Gasteiger partial charge in [0, 0.05) is 0 Å². The zero-order valence-electron chi connectivity index (χ0n) is 5.61. The molecule has 0 rings (SSSR count). The van der Waals surface area contributed by atoms with Crippen molar-refractivity contribution in [1.82, 2.24) is 0 Å². The molecule has 0 unspecified atom stereocenters. The first-order chi connectivity index (χ1) is 4.72. The van der Waals surface area contributed by atoms with Crippen molar-refractivity contribution in [3.63, 3.8) is 0 Å². The minimum Gasteiger partial charge on any atom is -0.390 e. The van der Waals surface area contributed by atoms with Gasteiger partial charge in [-0.1, -0.05) is 0 Å². The largest absolute Gasteiger partial charge is 0.409 e. The summed E-state index contributed by atoms with van der Waals surface area (Å²) in [6.07, 6.45) is -5.19. The highest BCUT2D eigenvalue weighted by atomic mass is 35.5. The van der Waals surface area contributed by atoms with E-state index >= 15 is 0 Å². The molecule has 0 aromatic carbocycles. The molecule has 2 nitrogen and oxygen atoms in total. The molecule has 3 N–H and O–H groups in total. The van der Waals surface area contributed by atoms with E-state index in [1.54, 1.807) is 0 Å². The minimum atomic E-state index is -5.19. The van der Waals surface area contributed by atoms with E-state index in [-0.39, 0.29) is 12.4 Å². The molecule has 0 spiro atoms. The number of nitrogens with two attached hydrogens (primary N) is 1. The maximum Gasteiger partial charge on any atom is 0.409 e. The molecular weight excluding hydrogens is 208 g/mol. The molecule has 0 aromatic heterocycles. The second-order valence-corrected chi connectivity index (χ2v) is 1.94. The first-order valence-electron chi connectivity index (χ1n) is 2.53. The van der Waals surface area contributed by atoms with Crippen LogP contribution in [0, 0.1) is 0 Å². The van der Waals surface area contributed by atoms with Crippen molar-refractivity contribution in [1.29, 1.82) is 0 Å². The van der Waals surface area contributed by atoms with Crippen molar-refractivity contribution < 1.29 is 27.1 Å². The Bertz CT molecular complexity index is 138. The SMILES string of the molecule is Cl.N[C@H](C(F)(F)F)C(F)(F)CO. The summed E-state index contributed by atoms with van der Waals surface area (Å²) < 4.78 is 58.1. The van der Waals surface area contributed by atoms with Crippen LogP contribution < -0.4 is 5.73 Å². The lowest BCUT2D eigenvalue weighted by atomic mass is 10.1. The van der Waals surface area contributed by atoms with Gasteiger partial charge in [0.05, 0.1) is 0 Å². The molecule has 0 heterocycles. The van der Waals surface area contributed by atoms with E-state index in [2.05, 4.69) is 5.73 Å². The number of alkyl halides is 5. The van der Waals surface area contributed by atoms with Crippen LogP contribution >= 0.6 is 12.4 Å². The second kappa shape index (κ2) is 4.20. The third kappa shape index (κ3) is 3.51. The Hall–Kier alpha value is -0.140. The number of aliphatic hydroxyl groups excluding tert-OH is 1. The highest BCUT2D eigenvalue weighted by Gasteiger charge is 2.52. The highest BCUT2D eigenvalue weighted by molar-refractivity contribution is 5.85. The van der Waals surface area contributed by atoms with Crippen LogP contribution in [-0.4, -0.2) is 29.9 Å². The van der Waals surface area contributed by atoms with Crippen molar-refractivity contribution in [2.45, 2.75) is 18.1 Å². The average molecular weight is 216 g/mol. The third-order valence-electron chi connectivity index (χ3n) is 1.02. The maximum absolute atomic E-state index is 11.9. The average Bonchev–Trinajstić information content (AvgIpc) is 1.84. The van der Waals surface area contributed by atoms with Gasteiger partial charge in [-0.25, -0.2) is 8.78 Å². The molecular formula is C4H7ClF5NO. The van der Waals surface area contributed by atoms with Crippen LogP contribution in [0.5, 0.6) is 0 Å². The Kier molecular flexibility index (Phi) is 5.03. The number of hydrogen-bond donors (Lipinski definition) is 2. The number of hydrogen-bond acceptors (Lipinski definition) is 2. The molecule has 0 saturated carbocycles. The predicted molar refractivity (Wildman–Crippen MR) is 33.3 cm³/mol. The van der Waals surface area contributed by atoms with Crippen LogP contribution in [0.3, 0.4) is 0 Å². The summed E-state index contributed by atoms with van der Waals surface area (Å²) >= 11 is 0. The Morgan fingerprint density at radius 3 is 1.58 bits per heavy atom. The Balaban J connectivity index is 0. The van der Waals surface area contributed by atoms with Crippen LogP contribution in [0.2, 0.25) is 0 Å². The zero-order valence-corrected chi connectivity index (χ0v) is 6.42. The van der Waals surface area contributed by atoms with Crippen molar-refractivity contribution >= 4 is 12.4 Å². The summed E-state index contributed by atoms with van der Waals surface area (Å²) in [5.41, 5.74) is 4.10. The first kappa shape index (κ1) is 14.4. The lowest BCUT2D eigenvalue weighted by Crippen LogP contribution is -2.53. The number of aliphatic hydroxyl groups is 1. The van der Waals surface area contributed by atoms with Crippen LogP contribution in [0.15, 0.2) is 0 Å². The summed E-state index contributed by atoms with van der Waals surface area (Å²) in [6, 6.07) is -3.31. The summed E-state index contributed by atoms with van der Waals surface area (Å²) in [7, 11) is 0. The van der Waals surface area contributed by atoms with Gasteiger partial charge in [-0.2, -0.15) is 13.2 Å². The van der Waals surface area contributed by atoms with Gasteiger partial charge in [-0.3, -0.25) is 0 Å². The van der Waals surface area contributed by atoms with Crippen molar-refractivity contribution in [3.05, 3.63) is 0 Å². The molecule has 0 aromatic rings. The minimum absolute atomic E-state index is 0. The summed E-state index contributed by atoms with van der Waals surface area (Å²) in [4.78, 5) is 0. The topological polar surface area (TPSA) is 46.2 Å². The lowest BCUT2D eigenvalue weighted by molar-refractivity contribution is -0.213. The van der Waals surface area contributed by atoms with E-state index in [4.69, 9.17) is 5.11 Å². The van der Waals surface area contributed by atoms with Gasteiger partial charge in [0.25, 0.3) is 5.92 Å². The first-order valence-corrected chi connectivity index (χ1v) is 2.53. The van der Waals surface area contributed by atoms with Gasteiger partial charge in [-0.15, -0.1) is 12.4 Å². The molecule has 0 aliphatic rings. The molecule has 0 radical (unpaired) electrons. The van der Waals surface area contributed by atoms with Gasteiger partial charge in [0.2, 0.25) is 0 Å². The smallest absolute Gasteiger partial charge is 0.390 e. The van der Waals surface area contributed by atoms with Gasteiger partial charge in [0.1, 0.15) is 6.61 Å². The Labute approximate surface area is 70.9 Å².